The van der Waals surface area contributed by atoms with E-state index in [9.17, 15) is 23.1 Å². The summed E-state index contributed by atoms with van der Waals surface area (Å²) in [5, 5.41) is 22.6. The van der Waals surface area contributed by atoms with Crippen molar-refractivity contribution in [1.82, 2.24) is 0 Å². The van der Waals surface area contributed by atoms with Gasteiger partial charge in [-0.3, -0.25) is 4.79 Å². The molecule has 0 unspecified atom stereocenters. The van der Waals surface area contributed by atoms with Crippen molar-refractivity contribution in [3.63, 3.8) is 0 Å². The molecular weight excluding hydrogens is 523 g/mol. The molecule has 0 aromatic heterocycles. The van der Waals surface area contributed by atoms with Gasteiger partial charge >= 0.3 is 6.18 Å². The van der Waals surface area contributed by atoms with Crippen molar-refractivity contribution in [3.8, 4) is 17.2 Å². The number of rotatable bonds is 6. The van der Waals surface area contributed by atoms with E-state index in [1.54, 1.807) is 18.2 Å². The number of hydrogen-bond donors (Lipinski definition) is 2. The van der Waals surface area contributed by atoms with E-state index in [0.717, 1.165) is 17.7 Å². The summed E-state index contributed by atoms with van der Waals surface area (Å²) < 4.78 is 50.8. The average Bonchev–Trinajstić information content (AvgIpc) is 2.87. The molecule has 1 amide bonds. The summed E-state index contributed by atoms with van der Waals surface area (Å²) in [4.78, 5) is 13.3. The Balaban J connectivity index is 1.83. The minimum Gasteiger partial charge on any atom is -0.505 e. The molecule has 11 heteroatoms. The van der Waals surface area contributed by atoms with Crippen molar-refractivity contribution in [2.45, 2.75) is 13.1 Å². The highest BCUT2D eigenvalue weighted by atomic mass is 35.5. The van der Waals surface area contributed by atoms with Gasteiger partial charge in [-0.05, 0) is 36.6 Å². The van der Waals surface area contributed by atoms with Crippen LogP contribution in [0.5, 0.6) is 17.2 Å². The van der Waals surface area contributed by atoms with Crippen molar-refractivity contribution in [3.05, 3.63) is 82.4 Å². The van der Waals surface area contributed by atoms with Gasteiger partial charge in [-0.2, -0.15) is 13.2 Å². The third kappa shape index (κ3) is 5.35. The Bertz CT molecular complexity index is 1570. The van der Waals surface area contributed by atoms with Gasteiger partial charge in [-0.1, -0.05) is 47.5 Å². The number of ether oxygens (including phenoxy) is 2. The number of nitrogens with one attached hydrogen (secondary N) is 1. The Morgan fingerprint density at radius 1 is 0.974 bits per heavy atom. The van der Waals surface area contributed by atoms with Crippen LogP contribution in [-0.2, 0) is 6.18 Å². The lowest BCUT2D eigenvalue weighted by atomic mass is 10.0. The number of carbonyl (C=O) groups is 1. The fourth-order valence-corrected chi connectivity index (χ4v) is 4.06. The van der Waals surface area contributed by atoms with Crippen molar-refractivity contribution in [2.75, 3.05) is 19.5 Å². The molecule has 0 radical (unpaired) electrons. The number of fused-ring (bicyclic) bond motifs is 1. The first-order chi connectivity index (χ1) is 18.0. The van der Waals surface area contributed by atoms with Gasteiger partial charge in [0, 0.05) is 11.5 Å². The number of hydrogen-bond acceptors (Lipinski definition) is 6. The van der Waals surface area contributed by atoms with E-state index in [-0.39, 0.29) is 27.7 Å². The second-order valence-corrected chi connectivity index (χ2v) is 8.61. The highest BCUT2D eigenvalue weighted by Crippen LogP contribution is 2.42. The predicted molar refractivity (Wildman–Crippen MR) is 138 cm³/mol. The quantitative estimate of drug-likeness (QED) is 0.240. The maximum Gasteiger partial charge on any atom is 0.418 e. The highest BCUT2D eigenvalue weighted by molar-refractivity contribution is 6.32. The normalized spacial score (nSPS) is 11.7. The highest BCUT2D eigenvalue weighted by Gasteiger charge is 2.33. The molecule has 2 N–H and O–H groups in total. The fraction of sp³-hybridized carbons (Fsp3) is 0.148. The van der Waals surface area contributed by atoms with Gasteiger partial charge in [0.15, 0.2) is 5.75 Å². The largest absolute Gasteiger partial charge is 0.505 e. The Morgan fingerprint density at radius 2 is 1.68 bits per heavy atom. The first kappa shape index (κ1) is 26.7. The van der Waals surface area contributed by atoms with Crippen LogP contribution in [0.3, 0.4) is 0 Å². The molecule has 4 rings (SSSR count). The van der Waals surface area contributed by atoms with Crippen LogP contribution in [0.2, 0.25) is 5.02 Å². The maximum absolute atomic E-state index is 13.4. The summed E-state index contributed by atoms with van der Waals surface area (Å²) >= 11 is 6.20. The Morgan fingerprint density at radius 3 is 2.37 bits per heavy atom. The number of alkyl halides is 3. The minimum absolute atomic E-state index is 0.163. The van der Waals surface area contributed by atoms with Gasteiger partial charge < -0.3 is 19.9 Å². The third-order valence-electron chi connectivity index (χ3n) is 5.68. The molecule has 4 aromatic rings. The molecule has 0 atom stereocenters. The topological polar surface area (TPSA) is 92.5 Å². The number of phenolic OH excluding ortho intramolecular Hbond substituents is 1. The molecule has 4 aromatic carbocycles. The Kier molecular flexibility index (Phi) is 7.45. The minimum atomic E-state index is -4.66. The summed E-state index contributed by atoms with van der Waals surface area (Å²) in [6, 6.07) is 14.2. The molecule has 0 aliphatic rings. The van der Waals surface area contributed by atoms with E-state index in [4.69, 9.17) is 21.1 Å². The van der Waals surface area contributed by atoms with Crippen LogP contribution in [0.15, 0.2) is 70.9 Å². The van der Waals surface area contributed by atoms with E-state index >= 15 is 0 Å². The molecule has 0 aliphatic heterocycles. The molecule has 0 saturated carbocycles. The van der Waals surface area contributed by atoms with Crippen LogP contribution in [0.25, 0.3) is 10.8 Å². The number of benzene rings is 4. The van der Waals surface area contributed by atoms with Gasteiger partial charge in [-0.25, -0.2) is 0 Å². The third-order valence-corrected chi connectivity index (χ3v) is 5.97. The van der Waals surface area contributed by atoms with Crippen molar-refractivity contribution in [1.29, 1.82) is 0 Å². The lowest BCUT2D eigenvalue weighted by Crippen LogP contribution is -2.13. The molecule has 196 valence electrons. The first-order valence-corrected chi connectivity index (χ1v) is 11.5. The van der Waals surface area contributed by atoms with Crippen LogP contribution in [0.4, 0.5) is 30.2 Å². The second-order valence-electron chi connectivity index (χ2n) is 8.20. The van der Waals surface area contributed by atoms with Gasteiger partial charge in [0.2, 0.25) is 0 Å². The second kappa shape index (κ2) is 10.6. The summed E-state index contributed by atoms with van der Waals surface area (Å²) in [7, 11) is 2.82. The summed E-state index contributed by atoms with van der Waals surface area (Å²) in [5.74, 6) is -0.727. The smallest absolute Gasteiger partial charge is 0.418 e. The lowest BCUT2D eigenvalue weighted by molar-refractivity contribution is -0.137. The van der Waals surface area contributed by atoms with Crippen molar-refractivity contribution >= 4 is 45.3 Å². The van der Waals surface area contributed by atoms with Gasteiger partial charge in [0.05, 0.1) is 41.7 Å². The number of nitrogens with zero attached hydrogens (tertiary/aromatic N) is 2. The number of carbonyl (C=O) groups excluding carboxylic acids is 1. The number of halogens is 4. The zero-order valence-corrected chi connectivity index (χ0v) is 21.1. The van der Waals surface area contributed by atoms with Crippen molar-refractivity contribution < 1.29 is 32.5 Å². The Hall–Kier alpha value is -4.31. The molecule has 38 heavy (non-hydrogen) atoms. The fourth-order valence-electron chi connectivity index (χ4n) is 3.82. The molecule has 0 aliphatic carbocycles. The zero-order valence-electron chi connectivity index (χ0n) is 20.4. The van der Waals surface area contributed by atoms with Crippen LogP contribution in [-0.4, -0.2) is 25.2 Å². The predicted octanol–water partition coefficient (Wildman–Crippen LogP) is 8.21. The number of amides is 1. The van der Waals surface area contributed by atoms with Gasteiger partial charge in [-0.15, -0.1) is 10.2 Å². The monoisotopic (exact) mass is 543 g/mol. The molecule has 0 fully saturated rings. The molecule has 0 saturated heterocycles. The maximum atomic E-state index is 13.4. The molecule has 0 bridgehead atoms. The van der Waals surface area contributed by atoms with E-state index in [0.29, 0.717) is 16.5 Å². The number of phenols is 1. The first-order valence-electron chi connectivity index (χ1n) is 11.1. The summed E-state index contributed by atoms with van der Waals surface area (Å²) in [5.41, 5.74) is -0.717. The SMILES string of the molecule is COc1cc(OC)c(NC(=O)c2cc3cc(C)ccc3c(N=Nc3ccccc3C(F)(F)F)c2O)cc1Cl. The zero-order chi connectivity index (χ0) is 27.6. The van der Waals surface area contributed by atoms with E-state index < -0.39 is 29.1 Å². The molecule has 0 heterocycles. The summed E-state index contributed by atoms with van der Waals surface area (Å²) in [6.07, 6.45) is -4.66. The number of methoxy groups -OCH3 is 2. The summed E-state index contributed by atoms with van der Waals surface area (Å²) in [6.45, 7) is 1.83. The van der Waals surface area contributed by atoms with Crippen LogP contribution in [0, 0.1) is 6.92 Å². The molecule has 7 nitrogen and oxygen atoms in total. The van der Waals surface area contributed by atoms with Crippen LogP contribution < -0.4 is 14.8 Å². The number of aromatic hydroxyl groups is 1. The Labute approximate surface area is 220 Å². The lowest BCUT2D eigenvalue weighted by Gasteiger charge is -2.15. The number of azo groups is 1. The molecule has 0 spiro atoms. The standard InChI is InChI=1S/C27H21ClF3N3O4/c1-14-8-9-16-15(10-14)11-17(26(36)32-21-12-19(28)22(37-2)13-23(21)38-3)25(35)24(16)34-33-20-7-5-4-6-18(20)27(29,30)31/h4-13,35H,1-3H3,(H,32,36). The van der Waals surface area contributed by atoms with Crippen molar-refractivity contribution in [2.24, 2.45) is 10.2 Å². The van der Waals surface area contributed by atoms with Gasteiger partial charge in [0.25, 0.3) is 5.91 Å². The van der Waals surface area contributed by atoms with E-state index in [1.165, 1.54) is 44.6 Å². The van der Waals surface area contributed by atoms with E-state index in [2.05, 4.69) is 15.5 Å². The number of aryl methyl sites for hydroxylation is 1. The number of anilines is 1. The van der Waals surface area contributed by atoms with Gasteiger partial charge in [0.1, 0.15) is 17.2 Å². The average molecular weight is 544 g/mol. The molecular formula is C27H21ClF3N3O4. The van der Waals surface area contributed by atoms with Crippen LogP contribution >= 0.6 is 11.6 Å². The van der Waals surface area contributed by atoms with E-state index in [1.807, 2.05) is 6.92 Å². The van der Waals surface area contributed by atoms with Crippen LogP contribution in [0.1, 0.15) is 21.5 Å².